The van der Waals surface area contributed by atoms with E-state index in [-0.39, 0.29) is 6.10 Å². The molecule has 2 aliphatic carbocycles. The molecule has 5 heteroatoms. The number of fused-ring (bicyclic) bond motifs is 3. The number of rotatable bonds is 6. The Labute approximate surface area is 205 Å². The molecule has 1 N–H and O–H groups in total. The summed E-state index contributed by atoms with van der Waals surface area (Å²) in [5.74, 6) is 0.771. The molecular formula is C29H44N4O. The van der Waals surface area contributed by atoms with E-state index >= 15 is 0 Å². The summed E-state index contributed by atoms with van der Waals surface area (Å²) in [6, 6.07) is 7.93. The Bertz CT molecular complexity index is 986. The van der Waals surface area contributed by atoms with E-state index in [1.807, 2.05) is 0 Å². The van der Waals surface area contributed by atoms with Crippen LogP contribution in [0.5, 0.6) is 0 Å². The number of piperazine rings is 1. The number of hydrogen-bond acceptors (Lipinski definition) is 4. The van der Waals surface area contributed by atoms with Crippen molar-refractivity contribution in [3.05, 3.63) is 35.0 Å². The van der Waals surface area contributed by atoms with E-state index in [9.17, 15) is 5.11 Å². The minimum absolute atomic E-state index is 0.257. The van der Waals surface area contributed by atoms with E-state index < -0.39 is 0 Å². The predicted molar refractivity (Wildman–Crippen MR) is 140 cm³/mol. The maximum absolute atomic E-state index is 11.0. The number of benzene rings is 1. The number of aryl methyl sites for hydroxylation is 1. The third-order valence-corrected chi connectivity index (χ3v) is 9.41. The van der Waals surface area contributed by atoms with Crippen molar-refractivity contribution in [1.82, 2.24) is 19.3 Å². The molecule has 1 saturated carbocycles. The van der Waals surface area contributed by atoms with Gasteiger partial charge in [0.2, 0.25) is 0 Å². The van der Waals surface area contributed by atoms with Gasteiger partial charge in [0.15, 0.2) is 0 Å². The molecule has 1 aromatic heterocycles. The van der Waals surface area contributed by atoms with Crippen molar-refractivity contribution in [3.63, 3.8) is 0 Å². The van der Waals surface area contributed by atoms with Crippen molar-refractivity contribution < 1.29 is 5.11 Å². The van der Waals surface area contributed by atoms with Gasteiger partial charge in [-0.05, 0) is 67.8 Å². The van der Waals surface area contributed by atoms with Crippen molar-refractivity contribution in [1.29, 1.82) is 0 Å². The lowest BCUT2D eigenvalue weighted by molar-refractivity contribution is 0.0296. The van der Waals surface area contributed by atoms with Gasteiger partial charge in [0.1, 0.15) is 0 Å². The summed E-state index contributed by atoms with van der Waals surface area (Å²) >= 11 is 0. The Kier molecular flexibility index (Phi) is 6.72. The van der Waals surface area contributed by atoms with Crippen LogP contribution < -0.4 is 0 Å². The highest BCUT2D eigenvalue weighted by Crippen LogP contribution is 2.44. The second-order valence-electron chi connectivity index (χ2n) is 11.4. The molecular weight excluding hydrogens is 420 g/mol. The van der Waals surface area contributed by atoms with Gasteiger partial charge in [0, 0.05) is 69.0 Å². The fraction of sp³-hybridized carbons (Fsp3) is 0.724. The summed E-state index contributed by atoms with van der Waals surface area (Å²) < 4.78 is 2.64. The summed E-state index contributed by atoms with van der Waals surface area (Å²) in [5, 5.41) is 12.6. The summed E-state index contributed by atoms with van der Waals surface area (Å²) in [4.78, 5) is 7.60. The Morgan fingerprint density at radius 2 is 1.68 bits per heavy atom. The van der Waals surface area contributed by atoms with Gasteiger partial charge in [0.25, 0.3) is 0 Å². The third-order valence-electron chi connectivity index (χ3n) is 9.41. The van der Waals surface area contributed by atoms with Gasteiger partial charge in [-0.15, -0.1) is 0 Å². The zero-order chi connectivity index (χ0) is 23.1. The number of hydrogen-bond donors (Lipinski definition) is 1. The van der Waals surface area contributed by atoms with E-state index in [0.29, 0.717) is 6.04 Å². The molecule has 4 aliphatic rings. The van der Waals surface area contributed by atoms with Crippen LogP contribution in [0.3, 0.4) is 0 Å². The van der Waals surface area contributed by atoms with E-state index in [1.54, 1.807) is 22.2 Å². The number of β-amino-alcohol motifs (C(OH)–C–C–N with tert-alkyl or cyclic N) is 1. The Morgan fingerprint density at radius 1 is 0.882 bits per heavy atom. The van der Waals surface area contributed by atoms with Gasteiger partial charge in [-0.1, -0.05) is 32.3 Å². The van der Waals surface area contributed by atoms with Crippen LogP contribution in [0.25, 0.3) is 10.9 Å². The molecule has 34 heavy (non-hydrogen) atoms. The molecule has 0 bridgehead atoms. The van der Waals surface area contributed by atoms with Crippen LogP contribution in [0.15, 0.2) is 18.2 Å². The molecule has 0 spiro atoms. The van der Waals surface area contributed by atoms with E-state index in [2.05, 4.69) is 44.4 Å². The molecule has 6 rings (SSSR count). The van der Waals surface area contributed by atoms with Crippen LogP contribution in [-0.4, -0.2) is 82.8 Å². The van der Waals surface area contributed by atoms with Crippen molar-refractivity contribution in [2.45, 2.75) is 82.9 Å². The van der Waals surface area contributed by atoms with Gasteiger partial charge in [-0.2, -0.15) is 0 Å². The first-order chi connectivity index (χ1) is 16.7. The maximum atomic E-state index is 11.0. The number of aliphatic hydroxyl groups is 1. The first-order valence-corrected chi connectivity index (χ1v) is 14.2. The number of aliphatic hydroxyl groups excluding tert-OH is 1. The van der Waals surface area contributed by atoms with Gasteiger partial charge in [-0.3, -0.25) is 9.80 Å². The number of aromatic nitrogens is 1. The standard InChI is InChI=1S/C29H44N4O/c1-2-30-13-15-31(16-14-30)20-24(34)21-32-17-18-33-27-12-11-23(22-7-4-3-5-8-22)19-26(27)25-9-6-10-28(32)29(25)33/h11-12,19,22,24,28,34H,2-10,13-18,20-21H2,1H3/t24-,28-/m0/s1. The largest absolute Gasteiger partial charge is 0.390 e. The lowest BCUT2D eigenvalue weighted by Crippen LogP contribution is -2.51. The van der Waals surface area contributed by atoms with Crippen LogP contribution in [0.1, 0.15) is 80.7 Å². The second kappa shape index (κ2) is 9.93. The van der Waals surface area contributed by atoms with Gasteiger partial charge in [-0.25, -0.2) is 0 Å². The average Bonchev–Trinajstić information content (AvgIpc) is 3.21. The van der Waals surface area contributed by atoms with E-state index in [4.69, 9.17) is 0 Å². The molecule has 2 atom stereocenters. The summed E-state index contributed by atoms with van der Waals surface area (Å²) in [6.45, 7) is 11.6. The lowest BCUT2D eigenvalue weighted by Gasteiger charge is -2.41. The fourth-order valence-electron chi connectivity index (χ4n) is 7.52. The van der Waals surface area contributed by atoms with Crippen molar-refractivity contribution in [3.8, 4) is 0 Å². The predicted octanol–water partition coefficient (Wildman–Crippen LogP) is 4.38. The molecule has 2 aromatic rings. The first-order valence-electron chi connectivity index (χ1n) is 14.2. The third kappa shape index (κ3) is 4.34. The normalized spacial score (nSPS) is 26.1. The Hall–Kier alpha value is -1.40. The summed E-state index contributed by atoms with van der Waals surface area (Å²) in [5.41, 5.74) is 6.25. The molecule has 186 valence electrons. The van der Waals surface area contributed by atoms with Gasteiger partial charge in [0.05, 0.1) is 12.1 Å². The zero-order valence-electron chi connectivity index (χ0n) is 21.2. The minimum atomic E-state index is -0.257. The summed E-state index contributed by atoms with van der Waals surface area (Å²) in [6.07, 6.45) is 10.4. The zero-order valence-corrected chi connectivity index (χ0v) is 21.2. The first kappa shape index (κ1) is 23.0. The van der Waals surface area contributed by atoms with Crippen molar-refractivity contribution in [2.24, 2.45) is 0 Å². The smallest absolute Gasteiger partial charge is 0.0794 e. The maximum Gasteiger partial charge on any atom is 0.0794 e. The molecule has 2 aliphatic heterocycles. The molecule has 1 aromatic carbocycles. The highest BCUT2D eigenvalue weighted by atomic mass is 16.3. The molecule has 1 saturated heterocycles. The molecule has 0 radical (unpaired) electrons. The topological polar surface area (TPSA) is 34.9 Å². The highest BCUT2D eigenvalue weighted by Gasteiger charge is 2.36. The van der Waals surface area contributed by atoms with Crippen LogP contribution in [0.4, 0.5) is 0 Å². The average molecular weight is 465 g/mol. The van der Waals surface area contributed by atoms with Crippen molar-refractivity contribution in [2.75, 3.05) is 52.4 Å². The number of nitrogens with zero attached hydrogens (tertiary/aromatic N) is 4. The second-order valence-corrected chi connectivity index (χ2v) is 11.4. The van der Waals surface area contributed by atoms with E-state index in [1.165, 1.54) is 56.9 Å². The SMILES string of the molecule is CCN1CCN(C[C@H](O)CN2CCn3c4c(c5cc(C6CCCCC6)ccc53)CCC[C@@H]42)CC1. The van der Waals surface area contributed by atoms with Crippen LogP contribution in [-0.2, 0) is 13.0 Å². The molecule has 0 unspecified atom stereocenters. The van der Waals surface area contributed by atoms with Crippen LogP contribution in [0.2, 0.25) is 0 Å². The number of likely N-dealkylation sites (N-methyl/N-ethyl adjacent to an activating group) is 1. The van der Waals surface area contributed by atoms with Crippen molar-refractivity contribution >= 4 is 10.9 Å². The summed E-state index contributed by atoms with van der Waals surface area (Å²) in [7, 11) is 0. The van der Waals surface area contributed by atoms with E-state index in [0.717, 1.165) is 64.8 Å². The monoisotopic (exact) mass is 464 g/mol. The molecule has 3 heterocycles. The van der Waals surface area contributed by atoms with Crippen LogP contribution >= 0.6 is 0 Å². The Morgan fingerprint density at radius 3 is 2.47 bits per heavy atom. The fourth-order valence-corrected chi connectivity index (χ4v) is 7.52. The molecule has 2 fully saturated rings. The minimum Gasteiger partial charge on any atom is -0.390 e. The lowest BCUT2D eigenvalue weighted by atomic mass is 9.83. The van der Waals surface area contributed by atoms with Crippen LogP contribution in [0, 0.1) is 0 Å². The van der Waals surface area contributed by atoms with Gasteiger partial charge >= 0.3 is 0 Å². The molecule has 5 nitrogen and oxygen atoms in total. The quantitative estimate of drug-likeness (QED) is 0.688. The molecule has 0 amide bonds. The highest BCUT2D eigenvalue weighted by molar-refractivity contribution is 5.87. The Balaban J connectivity index is 1.19. The van der Waals surface area contributed by atoms with Gasteiger partial charge < -0.3 is 14.6 Å².